The summed E-state index contributed by atoms with van der Waals surface area (Å²) in [4.78, 5) is 5.45. The molecule has 12 rings (SSSR count). The molecule has 0 radical (unpaired) electrons. The van der Waals surface area contributed by atoms with Gasteiger partial charge in [0.05, 0.1) is 0 Å². The zero-order valence-electron chi connectivity index (χ0n) is 30.2. The fourth-order valence-corrected chi connectivity index (χ4v) is 8.80. The average Bonchev–Trinajstić information content (AvgIpc) is 3.85. The molecule has 5 heteroatoms. The Morgan fingerprint density at radius 2 is 1.09 bits per heavy atom. The normalized spacial score (nSPS) is 16.0. The van der Waals surface area contributed by atoms with E-state index in [1.807, 2.05) is 12.1 Å². The Bertz CT molecular complexity index is 3390. The molecule has 2 atom stereocenters. The zero-order valence-corrected chi connectivity index (χ0v) is 30.2. The first-order valence-electron chi connectivity index (χ1n) is 19.1. The van der Waals surface area contributed by atoms with Crippen LogP contribution >= 0.6 is 0 Å². The van der Waals surface area contributed by atoms with Crippen molar-refractivity contribution in [1.29, 1.82) is 0 Å². The molecule has 3 heterocycles. The molecule has 5 nitrogen and oxygen atoms in total. The number of nitrogens with one attached hydrogen (secondary N) is 2. The predicted molar refractivity (Wildman–Crippen MR) is 230 cm³/mol. The average molecular weight is 720 g/mol. The Kier molecular flexibility index (Phi) is 6.76. The molecule has 0 saturated carbocycles. The van der Waals surface area contributed by atoms with Crippen LogP contribution in [0.25, 0.3) is 87.3 Å². The first kappa shape index (κ1) is 31.2. The molecular weight excluding hydrogens is 687 g/mol. The van der Waals surface area contributed by atoms with Gasteiger partial charge in [-0.1, -0.05) is 133 Å². The first-order chi connectivity index (χ1) is 27.7. The van der Waals surface area contributed by atoms with Crippen LogP contribution in [-0.4, -0.2) is 5.84 Å². The lowest BCUT2D eigenvalue weighted by atomic mass is 9.96. The molecular formula is C51H33N3O2. The standard InChI is InChI=1S/C51H33N3O2/c1-2-12-33(13-3-1)49-52-50(35-21-20-32-19-18-30-10-4-6-14-36(30)43(32)28-35)54-51(53-49)42-27-26-38(48-46(42)41-16-8-9-17-44(41)55-48)34-23-24-39-40-25-22-31-11-5-7-15-37(31)47(40)56-45(39)29-34/h1-29,49-50,52H,(H,53,54). The molecule has 0 spiro atoms. The van der Waals surface area contributed by atoms with Crippen molar-refractivity contribution in [3.05, 3.63) is 193 Å². The Morgan fingerprint density at radius 1 is 0.429 bits per heavy atom. The quantitative estimate of drug-likeness (QED) is 0.178. The van der Waals surface area contributed by atoms with E-state index in [2.05, 4.69) is 174 Å². The van der Waals surface area contributed by atoms with E-state index < -0.39 is 0 Å². The number of furan rings is 2. The number of aliphatic imine (C=N–C) groups is 1. The molecule has 0 saturated heterocycles. The van der Waals surface area contributed by atoms with Gasteiger partial charge in [-0.25, -0.2) is 4.99 Å². The maximum absolute atomic E-state index is 6.78. The molecule has 0 aliphatic carbocycles. The number of nitrogens with zero attached hydrogens (tertiary/aromatic N) is 1. The van der Waals surface area contributed by atoms with E-state index in [0.717, 1.165) is 82.9 Å². The third kappa shape index (κ3) is 4.81. The fraction of sp³-hybridized carbons (Fsp3) is 0.0392. The van der Waals surface area contributed by atoms with Crippen molar-refractivity contribution in [2.45, 2.75) is 12.3 Å². The summed E-state index contributed by atoms with van der Waals surface area (Å²) in [6.45, 7) is 0. The summed E-state index contributed by atoms with van der Waals surface area (Å²) in [7, 11) is 0. The van der Waals surface area contributed by atoms with Gasteiger partial charge in [0.25, 0.3) is 0 Å². The van der Waals surface area contributed by atoms with Gasteiger partial charge < -0.3 is 14.2 Å². The Morgan fingerprint density at radius 3 is 1.96 bits per heavy atom. The lowest BCUT2D eigenvalue weighted by molar-refractivity contribution is 0.409. The van der Waals surface area contributed by atoms with Gasteiger partial charge in [-0.2, -0.15) is 0 Å². The largest absolute Gasteiger partial charge is 0.455 e. The molecule has 1 aliphatic heterocycles. The monoisotopic (exact) mass is 719 g/mol. The van der Waals surface area contributed by atoms with E-state index in [0.29, 0.717) is 0 Å². The Labute approximate surface area is 321 Å². The minimum atomic E-state index is -0.306. The summed E-state index contributed by atoms with van der Waals surface area (Å²) in [5.74, 6) is 0.809. The second-order valence-corrected chi connectivity index (χ2v) is 14.7. The van der Waals surface area contributed by atoms with Crippen molar-refractivity contribution < 1.29 is 8.83 Å². The number of amidine groups is 1. The van der Waals surface area contributed by atoms with Crippen LogP contribution in [0.2, 0.25) is 0 Å². The van der Waals surface area contributed by atoms with E-state index >= 15 is 0 Å². The molecule has 2 aromatic heterocycles. The summed E-state index contributed by atoms with van der Waals surface area (Å²) >= 11 is 0. The lowest BCUT2D eigenvalue weighted by Crippen LogP contribution is -2.45. The Hall–Kier alpha value is -7.21. The van der Waals surface area contributed by atoms with Gasteiger partial charge in [0.1, 0.15) is 40.5 Å². The SMILES string of the molecule is c1ccc(C2NC(c3ccc(-c4ccc5c(c4)oc4c6ccccc6ccc54)c4oc5ccccc5c34)=NC(c3ccc4ccc5ccccc5c4c3)N2)cc1. The maximum Gasteiger partial charge on any atom is 0.143 e. The second kappa shape index (κ2) is 12.2. The van der Waals surface area contributed by atoms with Crippen LogP contribution in [0.3, 0.4) is 0 Å². The first-order valence-corrected chi connectivity index (χ1v) is 19.1. The van der Waals surface area contributed by atoms with Crippen LogP contribution in [-0.2, 0) is 0 Å². The van der Waals surface area contributed by atoms with Gasteiger partial charge in [0.15, 0.2) is 0 Å². The highest BCUT2D eigenvalue weighted by atomic mass is 16.3. The molecule has 56 heavy (non-hydrogen) atoms. The van der Waals surface area contributed by atoms with Crippen LogP contribution in [0.4, 0.5) is 0 Å². The molecule has 2 N–H and O–H groups in total. The second-order valence-electron chi connectivity index (χ2n) is 14.7. The number of hydrogen-bond acceptors (Lipinski definition) is 5. The molecule has 9 aromatic carbocycles. The molecule has 0 bridgehead atoms. The van der Waals surface area contributed by atoms with Crippen molar-refractivity contribution in [3.63, 3.8) is 0 Å². The summed E-state index contributed by atoms with van der Waals surface area (Å²) < 4.78 is 13.4. The zero-order chi connectivity index (χ0) is 36.7. The smallest absolute Gasteiger partial charge is 0.143 e. The van der Waals surface area contributed by atoms with E-state index in [9.17, 15) is 0 Å². The van der Waals surface area contributed by atoms with Gasteiger partial charge in [-0.3, -0.25) is 5.32 Å². The molecule has 11 aromatic rings. The van der Waals surface area contributed by atoms with Gasteiger partial charge in [-0.15, -0.1) is 0 Å². The van der Waals surface area contributed by atoms with Crippen LogP contribution < -0.4 is 10.6 Å². The lowest BCUT2D eigenvalue weighted by Gasteiger charge is -2.32. The van der Waals surface area contributed by atoms with E-state index in [4.69, 9.17) is 13.8 Å². The molecule has 2 unspecified atom stereocenters. The summed E-state index contributed by atoms with van der Waals surface area (Å²) in [5, 5.41) is 19.1. The maximum atomic E-state index is 6.78. The number of benzene rings is 9. The van der Waals surface area contributed by atoms with Crippen molar-refractivity contribution in [2.75, 3.05) is 0 Å². The highest BCUT2D eigenvalue weighted by molar-refractivity contribution is 6.21. The van der Waals surface area contributed by atoms with E-state index in [1.54, 1.807) is 0 Å². The van der Waals surface area contributed by atoms with Crippen LogP contribution in [0.5, 0.6) is 0 Å². The minimum Gasteiger partial charge on any atom is -0.455 e. The fourth-order valence-electron chi connectivity index (χ4n) is 8.80. The highest BCUT2D eigenvalue weighted by Gasteiger charge is 2.28. The summed E-state index contributed by atoms with van der Waals surface area (Å²) in [6.07, 6.45) is -0.490. The number of para-hydroxylation sites is 1. The Balaban J connectivity index is 1.04. The van der Waals surface area contributed by atoms with Crippen LogP contribution in [0.1, 0.15) is 29.0 Å². The molecule has 0 amide bonds. The van der Waals surface area contributed by atoms with E-state index in [-0.39, 0.29) is 12.3 Å². The third-order valence-corrected chi connectivity index (χ3v) is 11.5. The number of rotatable bonds is 4. The van der Waals surface area contributed by atoms with Crippen molar-refractivity contribution >= 4 is 82.0 Å². The topological polar surface area (TPSA) is 62.7 Å². The predicted octanol–water partition coefficient (Wildman–Crippen LogP) is 12.9. The number of hydrogen-bond donors (Lipinski definition) is 2. The summed E-state index contributed by atoms with van der Waals surface area (Å²) in [5.41, 5.74) is 8.67. The van der Waals surface area contributed by atoms with Gasteiger partial charge in [-0.05, 0) is 86.1 Å². The third-order valence-electron chi connectivity index (χ3n) is 11.5. The van der Waals surface area contributed by atoms with Gasteiger partial charge >= 0.3 is 0 Å². The van der Waals surface area contributed by atoms with E-state index in [1.165, 1.54) is 26.9 Å². The van der Waals surface area contributed by atoms with Crippen molar-refractivity contribution in [3.8, 4) is 11.1 Å². The number of fused-ring (bicyclic) bond motifs is 11. The van der Waals surface area contributed by atoms with Crippen LogP contribution in [0, 0.1) is 0 Å². The molecule has 1 aliphatic rings. The highest BCUT2D eigenvalue weighted by Crippen LogP contribution is 2.42. The molecule has 264 valence electrons. The summed E-state index contributed by atoms with van der Waals surface area (Å²) in [6, 6.07) is 62.1. The minimum absolute atomic E-state index is 0.184. The van der Waals surface area contributed by atoms with Crippen molar-refractivity contribution in [1.82, 2.24) is 10.6 Å². The van der Waals surface area contributed by atoms with Crippen molar-refractivity contribution in [2.24, 2.45) is 4.99 Å². The van der Waals surface area contributed by atoms with Gasteiger partial charge in [0, 0.05) is 38.1 Å². The van der Waals surface area contributed by atoms with Gasteiger partial charge in [0.2, 0.25) is 0 Å². The van der Waals surface area contributed by atoms with Crippen LogP contribution in [0.15, 0.2) is 190 Å². The molecule has 0 fully saturated rings.